The average molecular weight is 274 g/mol. The highest BCUT2D eigenvalue weighted by Crippen LogP contribution is 2.55. The molecule has 2 unspecified atom stereocenters. The van der Waals surface area contributed by atoms with Crippen LogP contribution in [0.25, 0.3) is 0 Å². The highest BCUT2D eigenvalue weighted by atomic mass is 16.5. The van der Waals surface area contributed by atoms with E-state index in [1.54, 1.807) is 0 Å². The minimum absolute atomic E-state index is 0.158. The maximum absolute atomic E-state index is 12.4. The van der Waals surface area contributed by atoms with Crippen molar-refractivity contribution in [2.45, 2.75) is 25.7 Å². The van der Waals surface area contributed by atoms with E-state index in [2.05, 4.69) is 5.32 Å². The van der Waals surface area contributed by atoms with Crippen LogP contribution in [0.2, 0.25) is 0 Å². The molecule has 0 heterocycles. The van der Waals surface area contributed by atoms with Gasteiger partial charge in [-0.25, -0.2) is 0 Å². The van der Waals surface area contributed by atoms with Gasteiger partial charge >= 0.3 is 0 Å². The molecule has 0 spiro atoms. The number of amides is 1. The van der Waals surface area contributed by atoms with Crippen LogP contribution in [-0.4, -0.2) is 19.1 Å². The number of fused-ring (bicyclic) bond motifs is 1. The number of ether oxygens (including phenoxy) is 1. The van der Waals surface area contributed by atoms with E-state index in [9.17, 15) is 4.79 Å². The molecule has 4 heteroatoms. The Morgan fingerprint density at radius 1 is 1.25 bits per heavy atom. The van der Waals surface area contributed by atoms with Crippen molar-refractivity contribution in [3.63, 3.8) is 0 Å². The highest BCUT2D eigenvalue weighted by Gasteiger charge is 2.54. The molecule has 0 radical (unpaired) electrons. The predicted octanol–water partition coefficient (Wildman–Crippen LogP) is 2.40. The quantitative estimate of drug-likeness (QED) is 0.866. The van der Waals surface area contributed by atoms with Gasteiger partial charge in [-0.15, -0.1) is 0 Å². The molecular formula is C16H22N2O2. The number of hydrogen-bond donors (Lipinski definition) is 2. The maximum atomic E-state index is 12.4. The van der Waals surface area contributed by atoms with Gasteiger partial charge in [0.25, 0.3) is 0 Å². The minimum Gasteiger partial charge on any atom is -0.490 e. The first-order valence-corrected chi connectivity index (χ1v) is 7.54. The number of hydrogen-bond acceptors (Lipinski definition) is 3. The standard InChI is InChI=1S/C16H22N2O2/c17-9-10-20-14-8-4-3-7-13(14)18-16(19)15-11-5-1-2-6-12(11)15/h3-4,7-8,11-12,15H,1-2,5-6,9-10,17H2,(H,18,19). The largest absolute Gasteiger partial charge is 0.490 e. The molecule has 0 bridgehead atoms. The van der Waals surface area contributed by atoms with Crippen LogP contribution in [-0.2, 0) is 4.79 Å². The van der Waals surface area contributed by atoms with Gasteiger partial charge in [-0.3, -0.25) is 4.79 Å². The summed E-state index contributed by atoms with van der Waals surface area (Å²) in [7, 11) is 0. The van der Waals surface area contributed by atoms with Crippen molar-refractivity contribution in [3.8, 4) is 5.75 Å². The summed E-state index contributed by atoms with van der Waals surface area (Å²) >= 11 is 0. The molecule has 3 rings (SSSR count). The van der Waals surface area contributed by atoms with Gasteiger partial charge in [0, 0.05) is 12.5 Å². The molecule has 2 saturated carbocycles. The molecule has 2 aliphatic carbocycles. The first kappa shape index (κ1) is 13.4. The Kier molecular flexibility index (Phi) is 3.92. The lowest BCUT2D eigenvalue weighted by Crippen LogP contribution is -2.17. The summed E-state index contributed by atoms with van der Waals surface area (Å²) in [5.74, 6) is 2.34. The van der Waals surface area contributed by atoms with Gasteiger partial charge in [-0.05, 0) is 36.8 Å². The third-order valence-corrected chi connectivity index (χ3v) is 4.48. The zero-order valence-electron chi connectivity index (χ0n) is 11.7. The third kappa shape index (κ3) is 2.66. The van der Waals surface area contributed by atoms with Crippen molar-refractivity contribution in [2.75, 3.05) is 18.5 Å². The van der Waals surface area contributed by atoms with Gasteiger partial charge in [0.2, 0.25) is 5.91 Å². The van der Waals surface area contributed by atoms with Crippen molar-refractivity contribution < 1.29 is 9.53 Å². The van der Waals surface area contributed by atoms with Crippen LogP contribution >= 0.6 is 0 Å². The van der Waals surface area contributed by atoms with E-state index in [-0.39, 0.29) is 11.8 Å². The zero-order chi connectivity index (χ0) is 13.9. The second-order valence-corrected chi connectivity index (χ2v) is 5.76. The van der Waals surface area contributed by atoms with E-state index in [1.807, 2.05) is 24.3 Å². The smallest absolute Gasteiger partial charge is 0.228 e. The summed E-state index contributed by atoms with van der Waals surface area (Å²) in [6.45, 7) is 0.927. The van der Waals surface area contributed by atoms with Gasteiger partial charge in [-0.1, -0.05) is 25.0 Å². The van der Waals surface area contributed by atoms with Crippen molar-refractivity contribution in [2.24, 2.45) is 23.5 Å². The summed E-state index contributed by atoms with van der Waals surface area (Å²) in [4.78, 5) is 12.4. The van der Waals surface area contributed by atoms with Crippen LogP contribution in [0.1, 0.15) is 25.7 Å². The summed E-state index contributed by atoms with van der Waals surface area (Å²) in [6.07, 6.45) is 4.99. The Hall–Kier alpha value is -1.55. The Morgan fingerprint density at radius 2 is 1.95 bits per heavy atom. The predicted molar refractivity (Wildman–Crippen MR) is 78.6 cm³/mol. The Morgan fingerprint density at radius 3 is 2.65 bits per heavy atom. The van der Waals surface area contributed by atoms with Crippen LogP contribution < -0.4 is 15.8 Å². The van der Waals surface area contributed by atoms with E-state index in [0.717, 1.165) is 5.69 Å². The first-order chi connectivity index (χ1) is 9.81. The van der Waals surface area contributed by atoms with Crippen molar-refractivity contribution in [1.82, 2.24) is 0 Å². The van der Waals surface area contributed by atoms with E-state index >= 15 is 0 Å². The molecule has 4 nitrogen and oxygen atoms in total. The lowest BCUT2D eigenvalue weighted by Gasteiger charge is -2.11. The molecule has 3 N–H and O–H groups in total. The Bertz CT molecular complexity index is 477. The fraction of sp³-hybridized carbons (Fsp3) is 0.562. The van der Waals surface area contributed by atoms with Crippen LogP contribution in [0, 0.1) is 17.8 Å². The van der Waals surface area contributed by atoms with Gasteiger partial charge in [0.15, 0.2) is 0 Å². The van der Waals surface area contributed by atoms with Crippen LogP contribution in [0.5, 0.6) is 5.75 Å². The Balaban J connectivity index is 1.64. The number of rotatable bonds is 5. The van der Waals surface area contributed by atoms with Crippen molar-refractivity contribution in [1.29, 1.82) is 0 Å². The van der Waals surface area contributed by atoms with Gasteiger partial charge in [-0.2, -0.15) is 0 Å². The normalized spacial score (nSPS) is 27.6. The number of benzene rings is 1. The van der Waals surface area contributed by atoms with Crippen LogP contribution in [0.15, 0.2) is 24.3 Å². The van der Waals surface area contributed by atoms with E-state index in [0.29, 0.717) is 30.7 Å². The molecule has 2 fully saturated rings. The van der Waals surface area contributed by atoms with E-state index < -0.39 is 0 Å². The molecule has 108 valence electrons. The summed E-state index contributed by atoms with van der Waals surface area (Å²) in [5, 5.41) is 3.03. The summed E-state index contributed by atoms with van der Waals surface area (Å²) < 4.78 is 5.57. The maximum Gasteiger partial charge on any atom is 0.228 e. The van der Waals surface area contributed by atoms with Crippen LogP contribution in [0.3, 0.4) is 0 Å². The number of anilines is 1. The lowest BCUT2D eigenvalue weighted by atomic mass is 10.0. The van der Waals surface area contributed by atoms with Gasteiger partial charge in [0.05, 0.1) is 5.69 Å². The number of carbonyl (C=O) groups excluding carboxylic acids is 1. The second-order valence-electron chi connectivity index (χ2n) is 5.76. The molecule has 2 aliphatic rings. The molecule has 0 saturated heterocycles. The van der Waals surface area contributed by atoms with Gasteiger partial charge in [0.1, 0.15) is 12.4 Å². The monoisotopic (exact) mass is 274 g/mol. The molecule has 20 heavy (non-hydrogen) atoms. The number of para-hydroxylation sites is 2. The van der Waals surface area contributed by atoms with E-state index in [1.165, 1.54) is 25.7 Å². The minimum atomic E-state index is 0.158. The summed E-state index contributed by atoms with van der Waals surface area (Å²) in [5.41, 5.74) is 6.21. The first-order valence-electron chi connectivity index (χ1n) is 7.54. The Labute approximate surface area is 119 Å². The van der Waals surface area contributed by atoms with Gasteiger partial charge < -0.3 is 15.8 Å². The molecule has 0 aromatic heterocycles. The zero-order valence-corrected chi connectivity index (χ0v) is 11.7. The highest BCUT2D eigenvalue weighted by molar-refractivity contribution is 5.96. The lowest BCUT2D eigenvalue weighted by molar-refractivity contribution is -0.117. The molecular weight excluding hydrogens is 252 g/mol. The molecule has 1 aromatic carbocycles. The molecule has 1 amide bonds. The number of carbonyl (C=O) groups is 1. The van der Waals surface area contributed by atoms with E-state index in [4.69, 9.17) is 10.5 Å². The van der Waals surface area contributed by atoms with Crippen molar-refractivity contribution >= 4 is 11.6 Å². The molecule has 0 aliphatic heterocycles. The third-order valence-electron chi connectivity index (χ3n) is 4.48. The SMILES string of the molecule is NCCOc1ccccc1NC(=O)C1C2CCCCC21. The number of nitrogens with one attached hydrogen (secondary N) is 1. The van der Waals surface area contributed by atoms with Crippen LogP contribution in [0.4, 0.5) is 5.69 Å². The molecule has 1 aromatic rings. The topological polar surface area (TPSA) is 64.3 Å². The number of nitrogens with two attached hydrogens (primary N) is 1. The average Bonchev–Trinajstić information content (AvgIpc) is 3.21. The molecule has 2 atom stereocenters. The fourth-order valence-electron chi connectivity index (χ4n) is 3.46. The summed E-state index contributed by atoms with van der Waals surface area (Å²) in [6, 6.07) is 7.56. The second kappa shape index (κ2) is 5.83. The fourth-order valence-corrected chi connectivity index (χ4v) is 3.46. The van der Waals surface area contributed by atoms with Crippen molar-refractivity contribution in [3.05, 3.63) is 24.3 Å².